The van der Waals surface area contributed by atoms with Gasteiger partial charge in [-0.25, -0.2) is 4.79 Å². The van der Waals surface area contributed by atoms with Crippen molar-refractivity contribution in [3.05, 3.63) is 113 Å². The highest BCUT2D eigenvalue weighted by Crippen LogP contribution is 2.36. The monoisotopic (exact) mass is 843 g/mol. The molecule has 1 aliphatic rings. The van der Waals surface area contributed by atoms with Crippen molar-refractivity contribution < 1.29 is 9.53 Å². The van der Waals surface area contributed by atoms with Gasteiger partial charge in [0.25, 0.3) is 0 Å². The Bertz CT molecular complexity index is 1370. The summed E-state index contributed by atoms with van der Waals surface area (Å²) in [6.07, 6.45) is 6.69. The van der Waals surface area contributed by atoms with Gasteiger partial charge in [-0.15, -0.1) is 0 Å². The molecule has 1 atom stereocenters. The summed E-state index contributed by atoms with van der Waals surface area (Å²) in [7, 11) is -0.239. The highest BCUT2D eigenvalue weighted by Gasteiger charge is 2.29. The first-order chi connectivity index (χ1) is 18.0. The number of carbonyl (C=O) groups excluding carboxylic acids is 1. The van der Waals surface area contributed by atoms with Gasteiger partial charge in [-0.2, -0.15) is 0 Å². The average Bonchev–Trinajstić information content (AvgIpc) is 2.94. The predicted octanol–water partition coefficient (Wildman–Crippen LogP) is 9.86. The fourth-order valence-electron chi connectivity index (χ4n) is 4.79. The number of rotatable bonds is 6. The van der Waals surface area contributed by atoms with Gasteiger partial charge in [0.15, 0.2) is 14.7 Å². The van der Waals surface area contributed by atoms with Gasteiger partial charge < -0.3 is 4.74 Å². The molecule has 0 heterocycles. The van der Waals surface area contributed by atoms with Gasteiger partial charge in [0.2, 0.25) is 0 Å². The molecule has 188 valence electrons. The zero-order valence-corrected chi connectivity index (χ0v) is 27.4. The Labute approximate surface area is 262 Å². The van der Waals surface area contributed by atoms with Crippen LogP contribution in [0.2, 0.25) is 0 Å². The number of carbonyl (C=O) groups is 1. The van der Waals surface area contributed by atoms with E-state index in [2.05, 4.69) is 135 Å². The zero-order chi connectivity index (χ0) is 25.8. The van der Waals surface area contributed by atoms with E-state index in [1.54, 1.807) is 0 Å². The van der Waals surface area contributed by atoms with Crippen molar-refractivity contribution in [1.29, 1.82) is 0 Å². The van der Waals surface area contributed by atoms with Gasteiger partial charge in [0, 0.05) is 10.7 Å². The van der Waals surface area contributed by atoms with Crippen LogP contribution >= 0.6 is 67.8 Å². The number of ether oxygens (including phenoxy) is 1. The Morgan fingerprint density at radius 1 is 0.676 bits per heavy atom. The molecule has 4 aromatic rings. The second-order valence-electron chi connectivity index (χ2n) is 9.10. The third kappa shape index (κ3) is 6.55. The fraction of sp³-hybridized carbons (Fsp3) is 0.194. The minimum atomic E-state index is -0.319. The largest absolute Gasteiger partial charge is 0.423 e. The van der Waals surface area contributed by atoms with Crippen LogP contribution in [-0.4, -0.2) is 5.97 Å². The van der Waals surface area contributed by atoms with Crippen LogP contribution in [0.25, 0.3) is 0 Å². The molecule has 5 rings (SSSR count). The second-order valence-corrected chi connectivity index (χ2v) is 14.5. The molecule has 0 amide bonds. The first kappa shape index (κ1) is 27.5. The summed E-state index contributed by atoms with van der Waals surface area (Å²) in [5.41, 5.74) is 2.10. The van der Waals surface area contributed by atoms with Gasteiger partial charge in [0.1, 0.15) is 5.75 Å². The van der Waals surface area contributed by atoms with E-state index in [-0.39, 0.29) is 16.9 Å². The maximum atomic E-state index is 13.0. The molecule has 0 spiro atoms. The quantitative estimate of drug-likeness (QED) is 0.0636. The minimum absolute atomic E-state index is 0.239. The predicted molar refractivity (Wildman–Crippen MR) is 177 cm³/mol. The van der Waals surface area contributed by atoms with Crippen LogP contribution in [0.15, 0.2) is 106 Å². The van der Waals surface area contributed by atoms with Gasteiger partial charge in [-0.1, -0.05) is 49.6 Å². The molecule has 0 aliphatic heterocycles. The molecule has 2 nitrogen and oxygen atoms in total. The van der Waals surface area contributed by atoms with E-state index >= 15 is 0 Å². The van der Waals surface area contributed by atoms with Crippen LogP contribution in [0.1, 0.15) is 53.9 Å². The number of benzene rings is 4. The Balaban J connectivity index is 1.40. The van der Waals surface area contributed by atoms with E-state index < -0.39 is 0 Å². The molecule has 1 aliphatic carbocycles. The molecule has 0 saturated heterocycles. The number of halogens is 3. The minimum Gasteiger partial charge on any atom is -0.423 e. The van der Waals surface area contributed by atoms with Gasteiger partial charge in [0.05, 0.1) is 16.5 Å². The summed E-state index contributed by atoms with van der Waals surface area (Å²) in [6.45, 7) is 0. The summed E-state index contributed by atoms with van der Waals surface area (Å²) in [5.74, 6) is 0.943. The van der Waals surface area contributed by atoms with Crippen molar-refractivity contribution in [3.63, 3.8) is 0 Å². The summed E-state index contributed by atoms with van der Waals surface area (Å²) in [4.78, 5) is 16.8. The summed E-state index contributed by atoms with van der Waals surface area (Å²) < 4.78 is 8.66. The van der Waals surface area contributed by atoms with Gasteiger partial charge >= 0.3 is 5.97 Å². The van der Waals surface area contributed by atoms with Crippen LogP contribution in [0, 0.1) is 10.7 Å². The average molecular weight is 843 g/mol. The zero-order valence-electron chi connectivity index (χ0n) is 20.1. The molecule has 0 aromatic heterocycles. The van der Waals surface area contributed by atoms with E-state index in [1.807, 2.05) is 24.3 Å². The molecule has 0 bridgehead atoms. The van der Waals surface area contributed by atoms with E-state index in [1.165, 1.54) is 52.4 Å². The lowest BCUT2D eigenvalue weighted by Crippen LogP contribution is -2.13. The maximum absolute atomic E-state index is 13.0. The van der Waals surface area contributed by atoms with E-state index in [0.717, 1.165) is 10.7 Å². The van der Waals surface area contributed by atoms with Crippen LogP contribution in [-0.2, 0) is 10.9 Å². The van der Waals surface area contributed by atoms with E-state index in [0.29, 0.717) is 17.2 Å². The maximum Gasteiger partial charge on any atom is 0.345 e. The molecule has 1 saturated carbocycles. The summed E-state index contributed by atoms with van der Waals surface area (Å²) in [6, 6.07) is 32.0. The standard InChI is InChI=1S/C31H26I3O2S/c32-27-19-20-28(33)30(34)29(27)31(35)36-23-13-17-26(18-14-23)37(24-9-5-2-6-10-24)25-15-11-22(12-16-25)21-7-3-1-4-8-21/h2,5-6,9-21H,1,3-4,7-8H2/q+1. The molecule has 1 fully saturated rings. The lowest BCUT2D eigenvalue weighted by molar-refractivity contribution is 0.0732. The Kier molecular flexibility index (Phi) is 9.52. The van der Waals surface area contributed by atoms with Crippen LogP contribution in [0.5, 0.6) is 5.75 Å². The molecule has 37 heavy (non-hydrogen) atoms. The SMILES string of the molecule is O=C(Oc1ccc([S+](c2ccccc2)c2ccc(C3CCCCC3)cc2)cc1)c1c(I)ccc(I)c1I. The molecular formula is C31H26I3O2S+. The smallest absolute Gasteiger partial charge is 0.345 e. The lowest BCUT2D eigenvalue weighted by Gasteiger charge is -2.22. The van der Waals surface area contributed by atoms with Crippen LogP contribution in [0.4, 0.5) is 0 Å². The van der Waals surface area contributed by atoms with E-state index in [4.69, 9.17) is 4.74 Å². The lowest BCUT2D eigenvalue weighted by atomic mass is 9.84. The Morgan fingerprint density at radius 2 is 1.24 bits per heavy atom. The first-order valence-corrected chi connectivity index (χ1v) is 16.8. The fourth-order valence-corrected chi connectivity index (χ4v) is 9.18. The molecule has 0 N–H and O–H groups in total. The number of esters is 1. The normalized spacial score (nSPS) is 14.8. The topological polar surface area (TPSA) is 26.3 Å². The Hall–Kier alpha value is -1.11. The van der Waals surface area contributed by atoms with Crippen molar-refractivity contribution in [2.45, 2.75) is 52.7 Å². The summed E-state index contributed by atoms with van der Waals surface area (Å²) in [5, 5.41) is 0. The highest BCUT2D eigenvalue weighted by molar-refractivity contribution is 14.1. The van der Waals surface area contributed by atoms with Crippen LogP contribution < -0.4 is 4.74 Å². The van der Waals surface area contributed by atoms with Crippen molar-refractivity contribution in [3.8, 4) is 5.75 Å². The van der Waals surface area contributed by atoms with Gasteiger partial charge in [-0.05, 0) is 153 Å². The van der Waals surface area contributed by atoms with Crippen LogP contribution in [0.3, 0.4) is 0 Å². The molecular weight excluding hydrogens is 817 g/mol. The highest BCUT2D eigenvalue weighted by atomic mass is 127. The van der Waals surface area contributed by atoms with Crippen molar-refractivity contribution in [1.82, 2.24) is 0 Å². The Morgan fingerprint density at radius 3 is 1.89 bits per heavy atom. The number of hydrogen-bond acceptors (Lipinski definition) is 2. The third-order valence-corrected chi connectivity index (χ3v) is 12.9. The second kappa shape index (κ2) is 12.8. The van der Waals surface area contributed by atoms with Crippen molar-refractivity contribution >= 4 is 84.6 Å². The third-order valence-electron chi connectivity index (χ3n) is 6.69. The first-order valence-electron chi connectivity index (χ1n) is 12.4. The molecule has 6 heteroatoms. The molecule has 1 unspecified atom stereocenters. The van der Waals surface area contributed by atoms with E-state index in [9.17, 15) is 4.79 Å². The van der Waals surface area contributed by atoms with Crippen molar-refractivity contribution in [2.24, 2.45) is 0 Å². The summed E-state index contributed by atoms with van der Waals surface area (Å²) >= 11 is 6.67. The van der Waals surface area contributed by atoms with Gasteiger partial charge in [-0.3, -0.25) is 0 Å². The molecule has 4 aromatic carbocycles. The van der Waals surface area contributed by atoms with Crippen molar-refractivity contribution in [2.75, 3.05) is 0 Å². The number of hydrogen-bond donors (Lipinski definition) is 0. The molecule has 0 radical (unpaired) electrons.